The summed E-state index contributed by atoms with van der Waals surface area (Å²) in [7, 11) is 1.57. The zero-order valence-corrected chi connectivity index (χ0v) is 14.8. The summed E-state index contributed by atoms with van der Waals surface area (Å²) in [6.45, 7) is 2.40. The highest BCUT2D eigenvalue weighted by molar-refractivity contribution is 5.88. The summed E-state index contributed by atoms with van der Waals surface area (Å²) < 4.78 is 47.3. The number of rotatable bonds is 6. The van der Waals surface area contributed by atoms with Gasteiger partial charge in [-0.2, -0.15) is 13.2 Å². The SMILES string of the molecule is CCCC1CCNCC1OC(=NC)Nc1cc(OCC(F)(F)F)ncn1. The molecule has 146 valence electrons. The summed E-state index contributed by atoms with van der Waals surface area (Å²) >= 11 is 0. The van der Waals surface area contributed by atoms with Crippen LogP contribution >= 0.6 is 0 Å². The number of amidine groups is 1. The maximum absolute atomic E-state index is 12.2. The molecule has 2 unspecified atom stereocenters. The first kappa shape index (κ1) is 20.2. The Morgan fingerprint density at radius 1 is 1.42 bits per heavy atom. The van der Waals surface area contributed by atoms with Crippen LogP contribution in [-0.4, -0.2) is 55.0 Å². The second kappa shape index (κ2) is 9.56. The third kappa shape index (κ3) is 6.66. The molecule has 1 aromatic rings. The van der Waals surface area contributed by atoms with Gasteiger partial charge in [0.1, 0.15) is 18.2 Å². The second-order valence-electron chi connectivity index (χ2n) is 6.00. The van der Waals surface area contributed by atoms with Crippen molar-refractivity contribution in [2.45, 2.75) is 38.5 Å². The Morgan fingerprint density at radius 2 is 2.23 bits per heavy atom. The average Bonchev–Trinajstić information content (AvgIpc) is 2.61. The first-order chi connectivity index (χ1) is 12.4. The van der Waals surface area contributed by atoms with E-state index >= 15 is 0 Å². The fourth-order valence-corrected chi connectivity index (χ4v) is 2.76. The fraction of sp³-hybridized carbons (Fsp3) is 0.688. The number of nitrogens with one attached hydrogen (secondary N) is 2. The molecule has 0 spiro atoms. The average molecular weight is 375 g/mol. The monoisotopic (exact) mass is 375 g/mol. The summed E-state index contributed by atoms with van der Waals surface area (Å²) in [6.07, 6.45) is -0.186. The molecule has 0 radical (unpaired) electrons. The van der Waals surface area contributed by atoms with Gasteiger partial charge in [0.15, 0.2) is 6.61 Å². The number of ether oxygens (including phenoxy) is 2. The van der Waals surface area contributed by atoms with Gasteiger partial charge in [0, 0.05) is 19.7 Å². The molecular weight excluding hydrogens is 351 g/mol. The summed E-state index contributed by atoms with van der Waals surface area (Å²) in [4.78, 5) is 11.7. The van der Waals surface area contributed by atoms with Crippen LogP contribution in [0.1, 0.15) is 26.2 Å². The minimum atomic E-state index is -4.43. The van der Waals surface area contributed by atoms with Crippen molar-refractivity contribution in [3.8, 4) is 5.88 Å². The van der Waals surface area contributed by atoms with Gasteiger partial charge in [-0.15, -0.1) is 0 Å². The molecule has 1 aromatic heterocycles. The number of hydrogen-bond donors (Lipinski definition) is 2. The zero-order chi connectivity index (χ0) is 19.0. The predicted molar refractivity (Wildman–Crippen MR) is 91.3 cm³/mol. The van der Waals surface area contributed by atoms with Crippen molar-refractivity contribution in [1.29, 1.82) is 0 Å². The van der Waals surface area contributed by atoms with Gasteiger partial charge in [-0.05, 0) is 25.3 Å². The highest BCUT2D eigenvalue weighted by atomic mass is 19.4. The Balaban J connectivity index is 1.97. The Hall–Kier alpha value is -2.10. The fourth-order valence-electron chi connectivity index (χ4n) is 2.76. The molecular formula is C16H24F3N5O2. The van der Waals surface area contributed by atoms with Crippen LogP contribution in [0.4, 0.5) is 19.0 Å². The summed E-state index contributed by atoms with van der Waals surface area (Å²) in [5.41, 5.74) is 0. The quantitative estimate of drug-likeness (QED) is 0.588. The maximum atomic E-state index is 12.2. The highest BCUT2D eigenvalue weighted by Crippen LogP contribution is 2.22. The number of aliphatic imine (C=N–C) groups is 1. The minimum absolute atomic E-state index is 0.0299. The van der Waals surface area contributed by atoms with Crippen molar-refractivity contribution in [3.63, 3.8) is 0 Å². The highest BCUT2D eigenvalue weighted by Gasteiger charge is 2.29. The smallest absolute Gasteiger partial charge is 0.422 e. The van der Waals surface area contributed by atoms with Gasteiger partial charge in [0.25, 0.3) is 6.02 Å². The van der Waals surface area contributed by atoms with Crippen LogP contribution in [0.5, 0.6) is 5.88 Å². The number of halogens is 3. The molecule has 0 saturated carbocycles. The van der Waals surface area contributed by atoms with Crippen LogP contribution in [-0.2, 0) is 4.74 Å². The van der Waals surface area contributed by atoms with Gasteiger partial charge in [0.2, 0.25) is 5.88 Å². The summed E-state index contributed by atoms with van der Waals surface area (Å²) in [6, 6.07) is 1.52. The van der Waals surface area contributed by atoms with Gasteiger partial charge in [-0.3, -0.25) is 5.32 Å². The Kier molecular flexibility index (Phi) is 7.43. The molecule has 2 N–H and O–H groups in total. The molecule has 1 saturated heterocycles. The largest absolute Gasteiger partial charge is 0.468 e. The second-order valence-corrected chi connectivity index (χ2v) is 6.00. The van der Waals surface area contributed by atoms with E-state index in [1.54, 1.807) is 7.05 Å². The van der Waals surface area contributed by atoms with Crippen LogP contribution in [0.2, 0.25) is 0 Å². The van der Waals surface area contributed by atoms with E-state index in [1.807, 2.05) is 0 Å². The van der Waals surface area contributed by atoms with Gasteiger partial charge in [0.05, 0.1) is 0 Å². The van der Waals surface area contributed by atoms with Crippen LogP contribution in [0.15, 0.2) is 17.4 Å². The van der Waals surface area contributed by atoms with E-state index in [0.29, 0.717) is 5.92 Å². The third-order valence-corrected chi connectivity index (χ3v) is 3.95. The number of hydrogen-bond acceptors (Lipinski definition) is 6. The van der Waals surface area contributed by atoms with Crippen LogP contribution < -0.4 is 15.4 Å². The molecule has 0 bridgehead atoms. The van der Waals surface area contributed by atoms with E-state index in [9.17, 15) is 13.2 Å². The first-order valence-electron chi connectivity index (χ1n) is 8.54. The van der Waals surface area contributed by atoms with E-state index in [-0.39, 0.29) is 23.8 Å². The van der Waals surface area contributed by atoms with Crippen molar-refractivity contribution in [3.05, 3.63) is 12.4 Å². The number of anilines is 1. The lowest BCUT2D eigenvalue weighted by Crippen LogP contribution is -2.44. The molecule has 1 fully saturated rings. The third-order valence-electron chi connectivity index (χ3n) is 3.95. The van der Waals surface area contributed by atoms with Crippen molar-refractivity contribution >= 4 is 11.8 Å². The number of alkyl halides is 3. The van der Waals surface area contributed by atoms with Crippen molar-refractivity contribution < 1.29 is 22.6 Å². The van der Waals surface area contributed by atoms with Gasteiger partial charge < -0.3 is 14.8 Å². The van der Waals surface area contributed by atoms with Crippen molar-refractivity contribution in [2.75, 3.05) is 32.1 Å². The predicted octanol–water partition coefficient (Wildman–Crippen LogP) is 2.61. The van der Waals surface area contributed by atoms with E-state index in [4.69, 9.17) is 4.74 Å². The lowest BCUT2D eigenvalue weighted by atomic mass is 9.91. The maximum Gasteiger partial charge on any atom is 0.422 e. The molecule has 2 heterocycles. The number of piperidine rings is 1. The van der Waals surface area contributed by atoms with Gasteiger partial charge in [-0.25, -0.2) is 15.0 Å². The van der Waals surface area contributed by atoms with Crippen molar-refractivity contribution in [2.24, 2.45) is 10.9 Å². The summed E-state index contributed by atoms with van der Waals surface area (Å²) in [5, 5.41) is 6.16. The standard InChI is InChI=1S/C16H24F3N5O2/c1-3-4-11-5-6-21-8-12(11)26-15(20-2)24-13-7-14(23-10-22-13)25-9-16(17,18)19/h7,10-12,21H,3-6,8-9H2,1-2H3,(H,20,22,23,24). The van der Waals surface area contributed by atoms with Crippen LogP contribution in [0.25, 0.3) is 0 Å². The molecule has 2 atom stereocenters. The van der Waals surface area contributed by atoms with Crippen LogP contribution in [0.3, 0.4) is 0 Å². The van der Waals surface area contributed by atoms with E-state index < -0.39 is 12.8 Å². The first-order valence-corrected chi connectivity index (χ1v) is 8.54. The molecule has 10 heteroatoms. The van der Waals surface area contributed by atoms with E-state index in [2.05, 4.69) is 37.3 Å². The lowest BCUT2D eigenvalue weighted by molar-refractivity contribution is -0.154. The molecule has 7 nitrogen and oxygen atoms in total. The topological polar surface area (TPSA) is 80.7 Å². The zero-order valence-electron chi connectivity index (χ0n) is 14.8. The lowest BCUT2D eigenvalue weighted by Gasteiger charge is -2.32. The molecule has 0 amide bonds. The Labute approximate surface area is 150 Å². The Morgan fingerprint density at radius 3 is 2.92 bits per heavy atom. The van der Waals surface area contributed by atoms with Gasteiger partial charge in [-0.1, -0.05) is 13.3 Å². The van der Waals surface area contributed by atoms with E-state index in [0.717, 1.165) is 38.7 Å². The molecule has 26 heavy (non-hydrogen) atoms. The number of aromatic nitrogens is 2. The molecule has 0 aromatic carbocycles. The van der Waals surface area contributed by atoms with Gasteiger partial charge >= 0.3 is 6.18 Å². The minimum Gasteiger partial charge on any atom is -0.468 e. The molecule has 0 aliphatic carbocycles. The molecule has 1 aliphatic rings. The van der Waals surface area contributed by atoms with Crippen molar-refractivity contribution in [1.82, 2.24) is 15.3 Å². The normalized spacial score (nSPS) is 21.3. The van der Waals surface area contributed by atoms with E-state index in [1.165, 1.54) is 6.07 Å². The molecule has 2 rings (SSSR count). The number of nitrogens with zero attached hydrogens (tertiary/aromatic N) is 3. The summed E-state index contributed by atoms with van der Waals surface area (Å²) in [5.74, 6) is 0.489. The Bertz CT molecular complexity index is 595. The molecule has 1 aliphatic heterocycles. The van der Waals surface area contributed by atoms with Crippen LogP contribution in [0, 0.1) is 5.92 Å².